The van der Waals surface area contributed by atoms with Crippen molar-refractivity contribution in [3.8, 4) is 17.2 Å². The summed E-state index contributed by atoms with van der Waals surface area (Å²) in [4.78, 5) is 11.6. The molecular weight excluding hydrogens is 328 g/mol. The van der Waals surface area contributed by atoms with Gasteiger partial charge in [-0.05, 0) is 59.8 Å². The maximum absolute atomic E-state index is 11.6. The molecule has 4 nitrogen and oxygen atoms in total. The van der Waals surface area contributed by atoms with Crippen molar-refractivity contribution in [3.05, 3.63) is 28.8 Å². The Bertz CT molecular complexity index is 792. The average molecular weight is 356 g/mol. The van der Waals surface area contributed by atoms with Crippen LogP contribution >= 0.6 is 0 Å². The second-order valence-corrected chi connectivity index (χ2v) is 8.91. The van der Waals surface area contributed by atoms with Crippen LogP contribution in [-0.4, -0.2) is 22.6 Å². The predicted octanol–water partition coefficient (Wildman–Crippen LogP) is 5.14. The van der Waals surface area contributed by atoms with Gasteiger partial charge >= 0.3 is 0 Å². The summed E-state index contributed by atoms with van der Waals surface area (Å²) in [5.74, 6) is 1.90. The van der Waals surface area contributed by atoms with E-state index in [0.717, 1.165) is 37.7 Å². The second kappa shape index (κ2) is 5.77. The molecule has 4 atom stereocenters. The predicted molar refractivity (Wildman–Crippen MR) is 100 cm³/mol. The number of phenolic OH excluding ortho intramolecular Hbond substituents is 1. The Balaban J connectivity index is 1.82. The largest absolute Gasteiger partial charge is 0.507 e. The number of benzene rings is 1. The monoisotopic (exact) mass is 356 g/mol. The van der Waals surface area contributed by atoms with Gasteiger partial charge in [0.25, 0.3) is 0 Å². The molecule has 1 N–H and O–H groups in total. The minimum absolute atomic E-state index is 0.0533. The van der Waals surface area contributed by atoms with E-state index in [1.165, 1.54) is 5.57 Å². The molecule has 4 rings (SSSR count). The number of phenols is 1. The van der Waals surface area contributed by atoms with E-state index in [0.29, 0.717) is 29.6 Å². The summed E-state index contributed by atoms with van der Waals surface area (Å²) < 4.78 is 12.8. The number of hydrogen-bond donors (Lipinski definition) is 1. The maximum atomic E-state index is 11.6. The SMILES string of the molecule is CC(C)=CCC[C@]1(C)Oc2cc(O)c(C=O)c3c2C2CC(C)(CC[C@@H]21)O3. The number of aldehydes is 1. The van der Waals surface area contributed by atoms with Crippen molar-refractivity contribution in [1.82, 2.24) is 0 Å². The first-order valence-corrected chi connectivity index (χ1v) is 9.63. The van der Waals surface area contributed by atoms with Crippen molar-refractivity contribution in [1.29, 1.82) is 0 Å². The first-order valence-electron chi connectivity index (χ1n) is 9.63. The van der Waals surface area contributed by atoms with Gasteiger partial charge in [0.15, 0.2) is 6.29 Å². The fourth-order valence-corrected chi connectivity index (χ4v) is 5.27. The van der Waals surface area contributed by atoms with Crippen molar-refractivity contribution in [2.75, 3.05) is 0 Å². The molecule has 26 heavy (non-hydrogen) atoms. The molecule has 1 aromatic carbocycles. The van der Waals surface area contributed by atoms with Crippen molar-refractivity contribution < 1.29 is 19.4 Å². The fraction of sp³-hybridized carbons (Fsp3) is 0.591. The van der Waals surface area contributed by atoms with Gasteiger partial charge in [-0.15, -0.1) is 0 Å². The summed E-state index contributed by atoms with van der Waals surface area (Å²) in [5, 5.41) is 10.4. The van der Waals surface area contributed by atoms with Crippen molar-refractivity contribution in [2.45, 2.75) is 76.9 Å². The van der Waals surface area contributed by atoms with Gasteiger partial charge in [-0.25, -0.2) is 0 Å². The van der Waals surface area contributed by atoms with Crippen molar-refractivity contribution >= 4 is 6.29 Å². The zero-order chi connectivity index (χ0) is 18.7. The van der Waals surface area contributed by atoms with E-state index in [9.17, 15) is 9.90 Å². The summed E-state index contributed by atoms with van der Waals surface area (Å²) >= 11 is 0. The van der Waals surface area contributed by atoms with Gasteiger partial charge in [0.05, 0.1) is 5.56 Å². The Morgan fingerprint density at radius 2 is 2.12 bits per heavy atom. The fourth-order valence-electron chi connectivity index (χ4n) is 5.27. The number of hydrogen-bond acceptors (Lipinski definition) is 4. The van der Waals surface area contributed by atoms with Crippen LogP contribution < -0.4 is 9.47 Å². The highest BCUT2D eigenvalue weighted by atomic mass is 16.5. The summed E-state index contributed by atoms with van der Waals surface area (Å²) in [6, 6.07) is 1.61. The lowest BCUT2D eigenvalue weighted by molar-refractivity contribution is -0.0839. The Kier molecular flexibility index (Phi) is 3.87. The molecule has 0 saturated heterocycles. The quantitative estimate of drug-likeness (QED) is 0.600. The lowest BCUT2D eigenvalue weighted by Crippen LogP contribution is -2.55. The first-order chi connectivity index (χ1) is 12.3. The van der Waals surface area contributed by atoms with Crippen LogP contribution in [0.25, 0.3) is 0 Å². The van der Waals surface area contributed by atoms with Crippen LogP contribution in [0.2, 0.25) is 0 Å². The van der Waals surface area contributed by atoms with Gasteiger partial charge in [0, 0.05) is 23.5 Å². The Morgan fingerprint density at radius 1 is 1.35 bits per heavy atom. The number of rotatable bonds is 4. The van der Waals surface area contributed by atoms with E-state index in [4.69, 9.17) is 9.47 Å². The Morgan fingerprint density at radius 3 is 2.81 bits per heavy atom. The molecular formula is C22H28O4. The average Bonchev–Trinajstić information content (AvgIpc) is 2.53. The zero-order valence-electron chi connectivity index (χ0n) is 16.1. The number of allylic oxidation sites excluding steroid dienone is 2. The molecule has 2 heterocycles. The standard InChI is InChI=1S/C22H28O4/c1-13(2)6-5-8-22(4)16-7-9-21(3)11-14(16)19-18(25-22)10-17(24)15(12-23)20(19)26-21/h6,10,12,14,16,24H,5,7-9,11H2,1-4H3/t14?,16-,21?,22-/m0/s1. The van der Waals surface area contributed by atoms with E-state index in [2.05, 4.69) is 33.8 Å². The summed E-state index contributed by atoms with van der Waals surface area (Å²) in [6.45, 7) is 8.58. The lowest BCUT2D eigenvalue weighted by Gasteiger charge is -2.56. The number of ether oxygens (including phenoxy) is 2. The minimum Gasteiger partial charge on any atom is -0.507 e. The van der Waals surface area contributed by atoms with Crippen LogP contribution in [0.1, 0.15) is 81.6 Å². The molecule has 2 unspecified atom stereocenters. The van der Waals surface area contributed by atoms with Crippen LogP contribution in [0, 0.1) is 5.92 Å². The van der Waals surface area contributed by atoms with Crippen LogP contribution in [0.3, 0.4) is 0 Å². The summed E-state index contributed by atoms with van der Waals surface area (Å²) in [7, 11) is 0. The maximum Gasteiger partial charge on any atom is 0.157 e. The third-order valence-corrected chi connectivity index (χ3v) is 6.58. The minimum atomic E-state index is -0.269. The van der Waals surface area contributed by atoms with E-state index in [1.807, 2.05) is 0 Å². The smallest absolute Gasteiger partial charge is 0.157 e. The molecule has 3 aliphatic rings. The molecule has 1 saturated carbocycles. The van der Waals surface area contributed by atoms with Gasteiger partial charge in [0.1, 0.15) is 28.5 Å². The lowest BCUT2D eigenvalue weighted by atomic mass is 9.60. The Hall–Kier alpha value is -1.97. The molecule has 0 spiro atoms. The summed E-state index contributed by atoms with van der Waals surface area (Å²) in [6.07, 6.45) is 7.84. The summed E-state index contributed by atoms with van der Waals surface area (Å²) in [5.41, 5.74) is 2.04. The van der Waals surface area contributed by atoms with E-state index in [-0.39, 0.29) is 22.5 Å². The van der Waals surface area contributed by atoms with Crippen LogP contribution in [-0.2, 0) is 0 Å². The van der Waals surface area contributed by atoms with Crippen LogP contribution in [0.5, 0.6) is 17.2 Å². The molecule has 2 bridgehead atoms. The van der Waals surface area contributed by atoms with Gasteiger partial charge in [-0.2, -0.15) is 0 Å². The van der Waals surface area contributed by atoms with Gasteiger partial charge in [-0.3, -0.25) is 4.79 Å². The molecule has 1 aliphatic carbocycles. The van der Waals surface area contributed by atoms with Crippen molar-refractivity contribution in [3.63, 3.8) is 0 Å². The second-order valence-electron chi connectivity index (χ2n) is 8.91. The molecule has 2 aliphatic heterocycles. The molecule has 4 heteroatoms. The number of fused-ring (bicyclic) bond motifs is 1. The van der Waals surface area contributed by atoms with Gasteiger partial charge in [0.2, 0.25) is 0 Å². The third kappa shape index (κ3) is 2.53. The zero-order valence-corrected chi connectivity index (χ0v) is 16.1. The molecule has 1 fully saturated rings. The molecule has 1 aromatic rings. The van der Waals surface area contributed by atoms with Gasteiger partial charge in [-0.1, -0.05) is 11.6 Å². The highest BCUT2D eigenvalue weighted by Crippen LogP contribution is 2.62. The number of carbonyl (C=O) groups is 1. The highest BCUT2D eigenvalue weighted by Gasteiger charge is 2.56. The molecule has 0 amide bonds. The molecule has 0 radical (unpaired) electrons. The molecule has 140 valence electrons. The normalized spacial score (nSPS) is 33.7. The van der Waals surface area contributed by atoms with Crippen molar-refractivity contribution in [2.24, 2.45) is 5.92 Å². The van der Waals surface area contributed by atoms with E-state index >= 15 is 0 Å². The van der Waals surface area contributed by atoms with Crippen LogP contribution in [0.15, 0.2) is 17.7 Å². The number of aromatic hydroxyl groups is 1. The topological polar surface area (TPSA) is 55.8 Å². The van der Waals surface area contributed by atoms with E-state index < -0.39 is 0 Å². The highest BCUT2D eigenvalue weighted by molar-refractivity contribution is 5.86. The number of carbonyl (C=O) groups excluding carboxylic acids is 1. The first kappa shape index (κ1) is 17.4. The Labute approximate surface area is 155 Å². The van der Waals surface area contributed by atoms with E-state index in [1.54, 1.807) is 6.07 Å². The third-order valence-electron chi connectivity index (χ3n) is 6.58. The van der Waals surface area contributed by atoms with Gasteiger partial charge < -0.3 is 14.6 Å². The molecule has 0 aromatic heterocycles. The van der Waals surface area contributed by atoms with Crippen LogP contribution in [0.4, 0.5) is 0 Å².